The van der Waals surface area contributed by atoms with Gasteiger partial charge in [-0.25, -0.2) is 0 Å². The number of esters is 3. The van der Waals surface area contributed by atoms with E-state index in [1.165, 1.54) is 154 Å². The first kappa shape index (κ1) is 60.4. The van der Waals surface area contributed by atoms with Gasteiger partial charge in [0.25, 0.3) is 0 Å². The molecule has 1 atom stereocenters. The highest BCUT2D eigenvalue weighted by atomic mass is 16.6. The molecule has 0 fully saturated rings. The third-order valence-corrected chi connectivity index (χ3v) is 11.8. The fraction of sp³-hybridized carbons (Fsp3) is 0.807. The summed E-state index contributed by atoms with van der Waals surface area (Å²) in [5.41, 5.74) is 0. The van der Waals surface area contributed by atoms with Crippen molar-refractivity contribution in [1.29, 1.82) is 0 Å². The Balaban J connectivity index is 4.35. The number of allylic oxidation sites excluding steroid dienone is 8. The zero-order valence-electron chi connectivity index (χ0n) is 41.8. The van der Waals surface area contributed by atoms with Crippen LogP contribution < -0.4 is 0 Å². The van der Waals surface area contributed by atoms with E-state index in [1.807, 2.05) is 0 Å². The minimum absolute atomic E-state index is 0.0795. The Kier molecular flexibility index (Phi) is 49.8. The van der Waals surface area contributed by atoms with Crippen LogP contribution in [0.1, 0.15) is 278 Å². The molecule has 0 amide bonds. The summed E-state index contributed by atoms with van der Waals surface area (Å²) in [6, 6.07) is 0. The van der Waals surface area contributed by atoms with Crippen molar-refractivity contribution in [2.75, 3.05) is 13.2 Å². The highest BCUT2D eigenvalue weighted by Gasteiger charge is 2.19. The molecular weight excluding hydrogens is 781 g/mol. The summed E-state index contributed by atoms with van der Waals surface area (Å²) < 4.78 is 16.8. The second kappa shape index (κ2) is 52.0. The van der Waals surface area contributed by atoms with Gasteiger partial charge >= 0.3 is 17.9 Å². The Bertz CT molecular complexity index is 1110. The molecule has 0 bridgehead atoms. The topological polar surface area (TPSA) is 78.9 Å². The van der Waals surface area contributed by atoms with E-state index in [0.29, 0.717) is 19.3 Å². The molecule has 0 aliphatic rings. The maximum atomic E-state index is 12.8. The number of unbranched alkanes of at least 4 members (excludes halogenated alkanes) is 30. The molecule has 0 spiro atoms. The van der Waals surface area contributed by atoms with Gasteiger partial charge in [-0.15, -0.1) is 0 Å². The molecule has 6 heteroatoms. The largest absolute Gasteiger partial charge is 0.462 e. The van der Waals surface area contributed by atoms with E-state index in [-0.39, 0.29) is 31.1 Å². The Hall–Kier alpha value is -2.63. The molecule has 366 valence electrons. The van der Waals surface area contributed by atoms with E-state index in [0.717, 1.165) is 83.5 Å². The third kappa shape index (κ3) is 50.2. The standard InChI is InChI=1S/C57H102O6/c1-4-7-10-13-16-19-22-24-26-27-28-29-31-32-35-38-41-44-47-50-56(59)62-53-54(52-61-55(58)49-46-43-40-37-34-21-18-15-12-9-6-3)63-57(60)51-48-45-42-39-36-33-30-25-23-20-17-14-11-8-5-2/h15-16,18-19,24,26,28-29,54H,4-14,17,20-23,25,27,30-53H2,1-3H3/b18-15-,19-16-,26-24-,29-28-. The lowest BCUT2D eigenvalue weighted by Gasteiger charge is -2.18. The average molecular weight is 883 g/mol. The monoisotopic (exact) mass is 883 g/mol. The van der Waals surface area contributed by atoms with Gasteiger partial charge in [0, 0.05) is 19.3 Å². The second-order valence-electron chi connectivity index (χ2n) is 18.1. The zero-order chi connectivity index (χ0) is 45.8. The Labute approximate surface area is 390 Å². The summed E-state index contributed by atoms with van der Waals surface area (Å²) in [5.74, 6) is -0.891. The van der Waals surface area contributed by atoms with Crippen LogP contribution in [0.25, 0.3) is 0 Å². The smallest absolute Gasteiger partial charge is 0.306 e. The fourth-order valence-electron chi connectivity index (χ4n) is 7.67. The molecule has 0 radical (unpaired) electrons. The molecule has 0 aliphatic carbocycles. The fourth-order valence-corrected chi connectivity index (χ4v) is 7.67. The van der Waals surface area contributed by atoms with E-state index in [1.54, 1.807) is 0 Å². The van der Waals surface area contributed by atoms with Crippen molar-refractivity contribution in [1.82, 2.24) is 0 Å². The summed E-state index contributed by atoms with van der Waals surface area (Å²) in [7, 11) is 0. The van der Waals surface area contributed by atoms with Gasteiger partial charge in [-0.3, -0.25) is 14.4 Å². The molecule has 0 N–H and O–H groups in total. The number of ether oxygens (including phenoxy) is 3. The second-order valence-corrected chi connectivity index (χ2v) is 18.1. The lowest BCUT2D eigenvalue weighted by Crippen LogP contribution is -2.30. The van der Waals surface area contributed by atoms with E-state index in [2.05, 4.69) is 69.4 Å². The third-order valence-electron chi connectivity index (χ3n) is 11.8. The zero-order valence-corrected chi connectivity index (χ0v) is 41.8. The van der Waals surface area contributed by atoms with Gasteiger partial charge in [0.05, 0.1) is 0 Å². The molecule has 0 aliphatic heterocycles. The maximum Gasteiger partial charge on any atom is 0.306 e. The highest BCUT2D eigenvalue weighted by molar-refractivity contribution is 5.71. The molecule has 6 nitrogen and oxygen atoms in total. The molecule has 0 aromatic carbocycles. The van der Waals surface area contributed by atoms with Crippen LogP contribution in [0.3, 0.4) is 0 Å². The van der Waals surface area contributed by atoms with Crippen molar-refractivity contribution in [3.05, 3.63) is 48.6 Å². The van der Waals surface area contributed by atoms with Crippen LogP contribution in [0, 0.1) is 0 Å². The van der Waals surface area contributed by atoms with E-state index in [9.17, 15) is 14.4 Å². The summed E-state index contributed by atoms with van der Waals surface area (Å²) in [5, 5.41) is 0. The van der Waals surface area contributed by atoms with Gasteiger partial charge in [0.15, 0.2) is 6.10 Å². The summed E-state index contributed by atoms with van der Waals surface area (Å²) in [6.07, 6.45) is 62.3. The first-order valence-electron chi connectivity index (χ1n) is 27.1. The quantitative estimate of drug-likeness (QED) is 0.0262. The molecule has 0 heterocycles. The lowest BCUT2D eigenvalue weighted by atomic mass is 10.0. The van der Waals surface area contributed by atoms with Gasteiger partial charge in [-0.1, -0.05) is 230 Å². The molecule has 0 saturated heterocycles. The number of carbonyl (C=O) groups is 3. The molecule has 0 saturated carbocycles. The van der Waals surface area contributed by atoms with Crippen molar-refractivity contribution < 1.29 is 28.6 Å². The van der Waals surface area contributed by atoms with Crippen molar-refractivity contribution in [3.8, 4) is 0 Å². The predicted octanol–water partition coefficient (Wildman–Crippen LogP) is 17.9. The highest BCUT2D eigenvalue weighted by Crippen LogP contribution is 2.16. The van der Waals surface area contributed by atoms with Crippen molar-refractivity contribution >= 4 is 17.9 Å². The normalized spacial score (nSPS) is 12.4. The Morgan fingerprint density at radius 3 is 0.984 bits per heavy atom. The Morgan fingerprint density at radius 2 is 0.587 bits per heavy atom. The van der Waals surface area contributed by atoms with Gasteiger partial charge in [0.1, 0.15) is 13.2 Å². The average Bonchev–Trinajstić information content (AvgIpc) is 3.28. The van der Waals surface area contributed by atoms with E-state index < -0.39 is 6.10 Å². The van der Waals surface area contributed by atoms with Crippen molar-refractivity contribution in [3.63, 3.8) is 0 Å². The van der Waals surface area contributed by atoms with Crippen LogP contribution in [0.2, 0.25) is 0 Å². The SMILES string of the molecule is CCCC/C=C\CCCCCCCC(=O)OCC(COC(=O)CCCCCCCC/C=C\C/C=C\C/C=C\CCCCC)OC(=O)CCCCCCCCCCCCCCCCC. The summed E-state index contributed by atoms with van der Waals surface area (Å²) >= 11 is 0. The molecule has 0 aromatic rings. The van der Waals surface area contributed by atoms with Crippen LogP contribution in [0.4, 0.5) is 0 Å². The van der Waals surface area contributed by atoms with Crippen LogP contribution >= 0.6 is 0 Å². The van der Waals surface area contributed by atoms with E-state index >= 15 is 0 Å². The lowest BCUT2D eigenvalue weighted by molar-refractivity contribution is -0.167. The van der Waals surface area contributed by atoms with Crippen LogP contribution in [0.15, 0.2) is 48.6 Å². The Morgan fingerprint density at radius 1 is 0.317 bits per heavy atom. The first-order valence-corrected chi connectivity index (χ1v) is 27.1. The molecule has 1 unspecified atom stereocenters. The molecule has 63 heavy (non-hydrogen) atoms. The number of hydrogen-bond acceptors (Lipinski definition) is 6. The van der Waals surface area contributed by atoms with E-state index in [4.69, 9.17) is 14.2 Å². The van der Waals surface area contributed by atoms with Gasteiger partial charge in [-0.2, -0.15) is 0 Å². The van der Waals surface area contributed by atoms with Gasteiger partial charge in [-0.05, 0) is 77.0 Å². The van der Waals surface area contributed by atoms with Crippen molar-refractivity contribution in [2.24, 2.45) is 0 Å². The van der Waals surface area contributed by atoms with Gasteiger partial charge in [0.2, 0.25) is 0 Å². The van der Waals surface area contributed by atoms with Crippen molar-refractivity contribution in [2.45, 2.75) is 284 Å². The van der Waals surface area contributed by atoms with Crippen LogP contribution in [-0.2, 0) is 28.6 Å². The molecule has 0 aromatic heterocycles. The predicted molar refractivity (Wildman–Crippen MR) is 270 cm³/mol. The molecule has 0 rings (SSSR count). The maximum absolute atomic E-state index is 12.8. The van der Waals surface area contributed by atoms with Crippen LogP contribution in [0.5, 0.6) is 0 Å². The number of rotatable bonds is 49. The molecular formula is C57H102O6. The minimum Gasteiger partial charge on any atom is -0.462 e. The number of hydrogen-bond donors (Lipinski definition) is 0. The first-order chi connectivity index (χ1) is 31.0. The minimum atomic E-state index is -0.778. The summed E-state index contributed by atoms with van der Waals surface area (Å²) in [6.45, 7) is 6.58. The van der Waals surface area contributed by atoms with Gasteiger partial charge < -0.3 is 14.2 Å². The number of carbonyl (C=O) groups excluding carboxylic acids is 3. The van der Waals surface area contributed by atoms with Crippen LogP contribution in [-0.4, -0.2) is 37.2 Å². The summed E-state index contributed by atoms with van der Waals surface area (Å²) in [4.78, 5) is 38.0.